The molecule has 3 aromatic carbocycles. The van der Waals surface area contributed by atoms with E-state index >= 15 is 0 Å². The van der Waals surface area contributed by atoms with Gasteiger partial charge in [0, 0.05) is 68.3 Å². The molecule has 2 aliphatic heterocycles. The van der Waals surface area contributed by atoms with Crippen LogP contribution in [0, 0.1) is 11.6 Å². The molecule has 1 amide bonds. The molecule has 2 aliphatic rings. The fourth-order valence-corrected chi connectivity index (χ4v) is 5.93. The van der Waals surface area contributed by atoms with Crippen molar-refractivity contribution in [3.63, 3.8) is 0 Å². The van der Waals surface area contributed by atoms with Gasteiger partial charge in [-0.3, -0.25) is 9.89 Å². The second-order valence-corrected chi connectivity index (χ2v) is 12.1. The summed E-state index contributed by atoms with van der Waals surface area (Å²) in [7, 11) is 5.96. The van der Waals surface area contributed by atoms with Gasteiger partial charge >= 0.3 is 0 Å². The van der Waals surface area contributed by atoms with Crippen LogP contribution in [-0.2, 0) is 9.95 Å². The van der Waals surface area contributed by atoms with Gasteiger partial charge in [-0.25, -0.2) is 8.78 Å². The van der Waals surface area contributed by atoms with Gasteiger partial charge in [0.25, 0.3) is 5.91 Å². The number of rotatable bonds is 7. The minimum atomic E-state index is -0.699. The maximum Gasteiger partial charge on any atom is 0.258 e. The number of amides is 1. The number of fused-ring (bicyclic) bond motifs is 1. The molecule has 3 N–H and O–H groups in total. The summed E-state index contributed by atoms with van der Waals surface area (Å²) < 4.78 is 33.7. The van der Waals surface area contributed by atoms with Gasteiger partial charge in [0.2, 0.25) is 0 Å². The average molecular weight is 584 g/mol. The van der Waals surface area contributed by atoms with E-state index in [2.05, 4.69) is 43.7 Å². The molecule has 0 unspecified atom stereocenters. The van der Waals surface area contributed by atoms with Crippen LogP contribution in [0.4, 0.5) is 26.0 Å². The van der Waals surface area contributed by atoms with E-state index in [1.165, 1.54) is 12.1 Å². The number of ether oxygens (including phenoxy) is 1. The van der Waals surface area contributed by atoms with Crippen molar-refractivity contribution < 1.29 is 18.3 Å². The molecule has 2 saturated heterocycles. The predicted octanol–water partition coefficient (Wildman–Crippen LogP) is 2.90. The second kappa shape index (κ2) is 12.0. The van der Waals surface area contributed by atoms with Gasteiger partial charge in [-0.2, -0.15) is 5.10 Å². The van der Waals surface area contributed by atoms with Crippen molar-refractivity contribution in [2.75, 3.05) is 62.0 Å². The summed E-state index contributed by atoms with van der Waals surface area (Å²) in [5.41, 5.74) is 4.50. The molecule has 0 bridgehead atoms. The molecule has 1 aromatic heterocycles. The number of carbonyl (C=O) groups excluding carboxylic acids is 1. The fraction of sp³-hybridized carbons (Fsp3) is 0.355. The van der Waals surface area contributed by atoms with E-state index in [0.29, 0.717) is 35.5 Å². The van der Waals surface area contributed by atoms with Crippen LogP contribution in [0.2, 0.25) is 0 Å². The molecule has 43 heavy (non-hydrogen) atoms. The van der Waals surface area contributed by atoms with Gasteiger partial charge in [0.1, 0.15) is 27.3 Å². The third-order valence-corrected chi connectivity index (χ3v) is 8.80. The zero-order valence-electron chi connectivity index (χ0n) is 24.8. The Kier molecular flexibility index (Phi) is 8.15. The number of hydrogen-bond donors (Lipinski definition) is 3. The van der Waals surface area contributed by atoms with Crippen LogP contribution in [0.15, 0.2) is 54.6 Å². The molecule has 3 heterocycles. The van der Waals surface area contributed by atoms with Crippen molar-refractivity contribution in [3.8, 4) is 0 Å². The first kappa shape index (κ1) is 29.2. The maximum atomic E-state index is 14.1. The Balaban J connectivity index is 1.29. The van der Waals surface area contributed by atoms with Crippen molar-refractivity contribution >= 4 is 49.7 Å². The molecular formula is C31H36B2F2N6O2. The standard InChI is InChI=1S/C31H36B2F2N6O2/c1-40-8-10-41(11-9-40)24-3-4-25(28(18-24)36-23-6-12-43-13-7-23)30(42)37-29-26-16-19(2-5-27(26)38-39-29)31(32,33)20-14-21(34)17-22(35)15-20/h2-5,14-18,23,36H,6-13,32-33H2,1H3,(H2,37,38,39,42). The number of nitrogens with zero attached hydrogens (tertiary/aromatic N) is 3. The molecular weight excluding hydrogens is 548 g/mol. The molecule has 0 aliphatic carbocycles. The van der Waals surface area contributed by atoms with Crippen molar-refractivity contribution in [1.82, 2.24) is 15.1 Å². The van der Waals surface area contributed by atoms with Crippen LogP contribution in [0.5, 0.6) is 0 Å². The van der Waals surface area contributed by atoms with Crippen molar-refractivity contribution in [2.45, 2.75) is 24.1 Å². The van der Waals surface area contributed by atoms with Crippen molar-refractivity contribution in [1.29, 1.82) is 0 Å². The number of aromatic amines is 1. The van der Waals surface area contributed by atoms with Gasteiger partial charge in [-0.15, -0.1) is 0 Å². The topological polar surface area (TPSA) is 85.5 Å². The van der Waals surface area contributed by atoms with Gasteiger partial charge in [0.05, 0.1) is 11.1 Å². The summed E-state index contributed by atoms with van der Waals surface area (Å²) in [6.07, 6.45) is 1.75. The number of aromatic nitrogens is 2. The van der Waals surface area contributed by atoms with Crippen LogP contribution in [0.25, 0.3) is 10.9 Å². The quantitative estimate of drug-likeness (QED) is 0.290. The van der Waals surface area contributed by atoms with E-state index in [-0.39, 0.29) is 11.9 Å². The highest BCUT2D eigenvalue weighted by Gasteiger charge is 2.26. The van der Waals surface area contributed by atoms with E-state index in [1.54, 1.807) is 0 Å². The lowest BCUT2D eigenvalue weighted by Gasteiger charge is -2.34. The molecule has 222 valence electrons. The second-order valence-electron chi connectivity index (χ2n) is 12.1. The first-order valence-corrected chi connectivity index (χ1v) is 14.9. The van der Waals surface area contributed by atoms with Crippen LogP contribution in [0.1, 0.15) is 34.3 Å². The van der Waals surface area contributed by atoms with Crippen molar-refractivity contribution in [2.24, 2.45) is 0 Å². The molecule has 0 saturated carbocycles. The number of benzene rings is 3. The maximum absolute atomic E-state index is 14.1. The van der Waals surface area contributed by atoms with Crippen molar-refractivity contribution in [3.05, 3.63) is 82.9 Å². The lowest BCUT2D eigenvalue weighted by molar-refractivity contribution is 0.0904. The average Bonchev–Trinajstić information content (AvgIpc) is 3.39. The Bertz CT molecular complexity index is 1610. The van der Waals surface area contributed by atoms with E-state index in [1.807, 2.05) is 46.0 Å². The Hall–Kier alpha value is -3.89. The zero-order chi connectivity index (χ0) is 30.1. The number of H-pyrrole nitrogens is 1. The van der Waals surface area contributed by atoms with Crippen LogP contribution >= 0.6 is 0 Å². The Morgan fingerprint density at radius 2 is 1.70 bits per heavy atom. The first-order valence-electron chi connectivity index (χ1n) is 14.9. The smallest absolute Gasteiger partial charge is 0.258 e. The SMILES string of the molecule is BC(B)(c1cc(F)cc(F)c1)c1ccc2[nH]nc(NC(=O)c3ccc(N4CCN(C)CC4)cc3NC3CCOCC3)c2c1. The summed E-state index contributed by atoms with van der Waals surface area (Å²) in [6.45, 7) is 5.22. The third kappa shape index (κ3) is 6.26. The lowest BCUT2D eigenvalue weighted by Crippen LogP contribution is -2.44. The fourth-order valence-electron chi connectivity index (χ4n) is 5.93. The van der Waals surface area contributed by atoms with E-state index in [9.17, 15) is 13.6 Å². The molecule has 0 atom stereocenters. The normalized spacial score (nSPS) is 16.9. The van der Waals surface area contributed by atoms with Crippen LogP contribution < -0.4 is 15.5 Å². The molecule has 12 heteroatoms. The number of carbonyl (C=O) groups is 1. The van der Waals surface area contributed by atoms with Gasteiger partial charge in [-0.1, -0.05) is 11.6 Å². The zero-order valence-corrected chi connectivity index (χ0v) is 24.8. The highest BCUT2D eigenvalue weighted by atomic mass is 19.1. The minimum absolute atomic E-state index is 0.215. The number of halogens is 2. The predicted molar refractivity (Wildman–Crippen MR) is 172 cm³/mol. The summed E-state index contributed by atoms with van der Waals surface area (Å²) >= 11 is 0. The Morgan fingerprint density at radius 3 is 2.42 bits per heavy atom. The number of piperazine rings is 1. The summed E-state index contributed by atoms with van der Waals surface area (Å²) in [5, 5.41) is 14.0. The lowest BCUT2D eigenvalue weighted by atomic mass is 9.48. The van der Waals surface area contributed by atoms with E-state index < -0.39 is 16.8 Å². The molecule has 4 aromatic rings. The van der Waals surface area contributed by atoms with E-state index in [0.717, 1.165) is 67.5 Å². The highest BCUT2D eigenvalue weighted by Crippen LogP contribution is 2.32. The molecule has 0 radical (unpaired) electrons. The number of likely N-dealkylation sites (N-methyl/N-ethyl adjacent to an activating group) is 1. The number of anilines is 3. The molecule has 0 spiro atoms. The van der Waals surface area contributed by atoms with E-state index in [4.69, 9.17) is 4.74 Å². The van der Waals surface area contributed by atoms with Gasteiger partial charge in [-0.05, 0) is 73.1 Å². The molecule has 6 rings (SSSR count). The third-order valence-electron chi connectivity index (χ3n) is 8.80. The summed E-state index contributed by atoms with van der Waals surface area (Å²) in [6, 6.07) is 15.4. The van der Waals surface area contributed by atoms with Gasteiger partial charge < -0.3 is 25.2 Å². The Labute approximate surface area is 252 Å². The summed E-state index contributed by atoms with van der Waals surface area (Å²) in [4.78, 5) is 18.5. The van der Waals surface area contributed by atoms with Crippen LogP contribution in [-0.4, -0.2) is 89.2 Å². The largest absolute Gasteiger partial charge is 0.381 e. The van der Waals surface area contributed by atoms with Gasteiger partial charge in [0.15, 0.2) is 5.82 Å². The minimum Gasteiger partial charge on any atom is -0.381 e. The number of nitrogens with one attached hydrogen (secondary N) is 3. The molecule has 8 nitrogen and oxygen atoms in total. The highest BCUT2D eigenvalue weighted by molar-refractivity contribution is 6.42. The Morgan fingerprint density at radius 1 is 0.977 bits per heavy atom. The van der Waals surface area contributed by atoms with Crippen LogP contribution in [0.3, 0.4) is 0 Å². The first-order chi connectivity index (χ1) is 20.7. The number of hydrogen-bond acceptors (Lipinski definition) is 6. The monoisotopic (exact) mass is 584 g/mol. The molecule has 2 fully saturated rings. The summed E-state index contributed by atoms with van der Waals surface area (Å²) in [5.74, 6) is -1.12.